The summed E-state index contributed by atoms with van der Waals surface area (Å²) < 4.78 is 7.92. The lowest BCUT2D eigenvalue weighted by molar-refractivity contribution is 0.542. The number of hydrogen-bond acceptors (Lipinski definition) is 6. The maximum atomic E-state index is 5.99. The maximum absolute atomic E-state index is 5.99. The molecule has 0 spiro atoms. The van der Waals surface area contributed by atoms with E-state index in [1.807, 2.05) is 48.7 Å². The highest BCUT2D eigenvalue weighted by Gasteiger charge is 2.16. The zero-order valence-corrected chi connectivity index (χ0v) is 17.2. The summed E-state index contributed by atoms with van der Waals surface area (Å²) in [6.07, 6.45) is 0. The summed E-state index contributed by atoms with van der Waals surface area (Å²) in [6.45, 7) is 4.82. The average Bonchev–Trinajstić information content (AvgIpc) is 3.40. The van der Waals surface area contributed by atoms with Gasteiger partial charge in [0, 0.05) is 22.9 Å². The van der Waals surface area contributed by atoms with Crippen molar-refractivity contribution >= 4 is 34.7 Å². The minimum atomic E-state index is 0.678. The van der Waals surface area contributed by atoms with Crippen molar-refractivity contribution in [3.05, 3.63) is 58.3 Å². The van der Waals surface area contributed by atoms with E-state index in [2.05, 4.69) is 26.7 Å². The number of halogens is 1. The normalized spacial score (nSPS) is 11.2. The number of aryl methyl sites for hydroxylation is 1. The van der Waals surface area contributed by atoms with Crippen molar-refractivity contribution < 1.29 is 4.42 Å². The average molecular weight is 417 g/mol. The minimum Gasteiger partial charge on any atom is -0.440 e. The number of thiophene rings is 1. The SMILES string of the molecule is CCn1c(SCc2nc(-c3cccs3)oc2C)nnc1-c1ccc(Cl)cc1. The smallest absolute Gasteiger partial charge is 0.236 e. The Hall–Kier alpha value is -2.09. The van der Waals surface area contributed by atoms with Crippen LogP contribution in [0.4, 0.5) is 0 Å². The van der Waals surface area contributed by atoms with E-state index in [0.29, 0.717) is 16.7 Å². The molecular formula is C19H17ClN4OS2. The quantitative estimate of drug-likeness (QED) is 0.364. The molecule has 4 rings (SSSR count). The lowest BCUT2D eigenvalue weighted by Gasteiger charge is -2.07. The highest BCUT2D eigenvalue weighted by atomic mass is 35.5. The van der Waals surface area contributed by atoms with Crippen LogP contribution in [0.1, 0.15) is 18.4 Å². The lowest BCUT2D eigenvalue weighted by Crippen LogP contribution is -2.00. The van der Waals surface area contributed by atoms with Crippen LogP contribution in [0.25, 0.3) is 22.2 Å². The van der Waals surface area contributed by atoms with Gasteiger partial charge in [0.25, 0.3) is 0 Å². The second kappa shape index (κ2) is 7.88. The summed E-state index contributed by atoms with van der Waals surface area (Å²) in [5, 5.41) is 12.3. The number of aromatic nitrogens is 4. The molecule has 8 heteroatoms. The van der Waals surface area contributed by atoms with E-state index >= 15 is 0 Å². The van der Waals surface area contributed by atoms with Crippen molar-refractivity contribution in [3.8, 4) is 22.2 Å². The van der Waals surface area contributed by atoms with Crippen LogP contribution in [0.3, 0.4) is 0 Å². The van der Waals surface area contributed by atoms with Gasteiger partial charge in [0.1, 0.15) is 5.76 Å². The first-order valence-corrected chi connectivity index (χ1v) is 10.7. The molecule has 0 unspecified atom stereocenters. The van der Waals surface area contributed by atoms with Gasteiger partial charge < -0.3 is 8.98 Å². The Labute approximate surface area is 170 Å². The van der Waals surface area contributed by atoms with Gasteiger partial charge in [-0.05, 0) is 49.6 Å². The van der Waals surface area contributed by atoms with Gasteiger partial charge in [-0.2, -0.15) is 0 Å². The van der Waals surface area contributed by atoms with Crippen LogP contribution in [0.15, 0.2) is 51.4 Å². The van der Waals surface area contributed by atoms with Crippen LogP contribution in [-0.4, -0.2) is 19.7 Å². The van der Waals surface area contributed by atoms with Crippen LogP contribution in [-0.2, 0) is 12.3 Å². The molecule has 4 aromatic rings. The highest BCUT2D eigenvalue weighted by Crippen LogP contribution is 2.30. The van der Waals surface area contributed by atoms with Gasteiger partial charge in [-0.3, -0.25) is 0 Å². The largest absolute Gasteiger partial charge is 0.440 e. The molecule has 0 saturated carbocycles. The van der Waals surface area contributed by atoms with Gasteiger partial charge in [-0.25, -0.2) is 4.98 Å². The number of nitrogens with zero attached hydrogens (tertiary/aromatic N) is 4. The summed E-state index contributed by atoms with van der Waals surface area (Å²) in [5.74, 6) is 3.04. The molecule has 138 valence electrons. The Kier molecular flexibility index (Phi) is 5.33. The number of benzene rings is 1. The van der Waals surface area contributed by atoms with Crippen molar-refractivity contribution in [2.75, 3.05) is 0 Å². The van der Waals surface area contributed by atoms with Crippen LogP contribution >= 0.6 is 34.7 Å². The van der Waals surface area contributed by atoms with E-state index in [9.17, 15) is 0 Å². The molecule has 0 fully saturated rings. The van der Waals surface area contributed by atoms with E-state index in [-0.39, 0.29) is 0 Å². The number of rotatable bonds is 6. The summed E-state index contributed by atoms with van der Waals surface area (Å²) in [4.78, 5) is 5.69. The summed E-state index contributed by atoms with van der Waals surface area (Å²) in [7, 11) is 0. The topological polar surface area (TPSA) is 56.7 Å². The van der Waals surface area contributed by atoms with Gasteiger partial charge >= 0.3 is 0 Å². The second-order valence-electron chi connectivity index (χ2n) is 5.85. The maximum Gasteiger partial charge on any atom is 0.236 e. The molecule has 27 heavy (non-hydrogen) atoms. The molecule has 3 aromatic heterocycles. The Morgan fingerprint density at radius 3 is 2.70 bits per heavy atom. The molecule has 3 heterocycles. The van der Waals surface area contributed by atoms with Crippen molar-refractivity contribution in [2.45, 2.75) is 31.3 Å². The fourth-order valence-corrected chi connectivity index (χ4v) is 4.47. The number of thioether (sulfide) groups is 1. The van der Waals surface area contributed by atoms with Crippen LogP contribution in [0.2, 0.25) is 5.02 Å². The van der Waals surface area contributed by atoms with E-state index in [0.717, 1.165) is 39.4 Å². The third-order valence-corrected chi connectivity index (χ3v) is 6.19. The van der Waals surface area contributed by atoms with E-state index in [1.165, 1.54) is 0 Å². The number of hydrogen-bond donors (Lipinski definition) is 0. The van der Waals surface area contributed by atoms with Crippen LogP contribution in [0.5, 0.6) is 0 Å². The Balaban J connectivity index is 1.54. The monoisotopic (exact) mass is 416 g/mol. The standard InChI is InChI=1S/C19H17ClN4OS2/c1-3-24-17(13-6-8-14(20)9-7-13)22-23-19(24)27-11-15-12(2)25-18(21-15)16-5-4-10-26-16/h4-10H,3,11H2,1-2H3. The summed E-state index contributed by atoms with van der Waals surface area (Å²) in [6, 6.07) is 11.7. The molecule has 5 nitrogen and oxygen atoms in total. The summed E-state index contributed by atoms with van der Waals surface area (Å²) >= 11 is 9.22. The number of oxazole rings is 1. The Morgan fingerprint density at radius 1 is 1.19 bits per heavy atom. The predicted octanol–water partition coefficient (Wildman–Crippen LogP) is 5.94. The highest BCUT2D eigenvalue weighted by molar-refractivity contribution is 7.98. The van der Waals surface area contributed by atoms with Crippen molar-refractivity contribution in [3.63, 3.8) is 0 Å². The van der Waals surface area contributed by atoms with Gasteiger partial charge in [-0.15, -0.1) is 21.5 Å². The zero-order chi connectivity index (χ0) is 18.8. The molecule has 0 atom stereocenters. The first kappa shape index (κ1) is 18.3. The molecule has 0 radical (unpaired) electrons. The van der Waals surface area contributed by atoms with Crippen LogP contribution < -0.4 is 0 Å². The first-order chi connectivity index (χ1) is 13.2. The minimum absolute atomic E-state index is 0.678. The fourth-order valence-electron chi connectivity index (χ4n) is 2.69. The second-order valence-corrected chi connectivity index (χ2v) is 8.17. The van der Waals surface area contributed by atoms with Crippen molar-refractivity contribution in [1.29, 1.82) is 0 Å². The molecule has 1 aromatic carbocycles. The molecule has 0 aliphatic rings. The van der Waals surface area contributed by atoms with Crippen molar-refractivity contribution in [2.24, 2.45) is 0 Å². The zero-order valence-electron chi connectivity index (χ0n) is 14.8. The molecule has 0 bridgehead atoms. The van der Waals surface area contributed by atoms with Gasteiger partial charge in [0.05, 0.1) is 10.6 Å². The third kappa shape index (κ3) is 3.81. The van der Waals surface area contributed by atoms with Crippen LogP contribution in [0, 0.1) is 6.92 Å². The molecule has 0 saturated heterocycles. The lowest BCUT2D eigenvalue weighted by atomic mass is 10.2. The Morgan fingerprint density at radius 2 is 2.00 bits per heavy atom. The third-order valence-electron chi connectivity index (χ3n) is 4.10. The van der Waals surface area contributed by atoms with E-state index < -0.39 is 0 Å². The summed E-state index contributed by atoms with van der Waals surface area (Å²) in [5.41, 5.74) is 1.93. The van der Waals surface area contributed by atoms with E-state index in [1.54, 1.807) is 23.1 Å². The molecule has 0 N–H and O–H groups in total. The van der Waals surface area contributed by atoms with Crippen molar-refractivity contribution in [1.82, 2.24) is 19.7 Å². The van der Waals surface area contributed by atoms with Gasteiger partial charge in [0.15, 0.2) is 11.0 Å². The predicted molar refractivity (Wildman–Crippen MR) is 110 cm³/mol. The molecular weight excluding hydrogens is 400 g/mol. The molecule has 0 aliphatic carbocycles. The molecule has 0 amide bonds. The fraction of sp³-hybridized carbons (Fsp3) is 0.211. The first-order valence-electron chi connectivity index (χ1n) is 8.48. The van der Waals surface area contributed by atoms with Gasteiger partial charge in [-0.1, -0.05) is 29.4 Å². The Bertz CT molecular complexity index is 1040. The molecule has 0 aliphatic heterocycles. The van der Waals surface area contributed by atoms with E-state index in [4.69, 9.17) is 16.0 Å². The van der Waals surface area contributed by atoms with Gasteiger partial charge in [0.2, 0.25) is 5.89 Å².